The van der Waals surface area contributed by atoms with Crippen LogP contribution in [0.4, 0.5) is 0 Å². The van der Waals surface area contributed by atoms with Gasteiger partial charge in [-0.3, -0.25) is 9.59 Å². The third-order valence-corrected chi connectivity index (χ3v) is 1.46. The number of rotatable bonds is 3. The van der Waals surface area contributed by atoms with Crippen molar-refractivity contribution in [1.82, 2.24) is 0 Å². The molecule has 0 heterocycles. The lowest BCUT2D eigenvalue weighted by molar-refractivity contribution is -0.113. The molecule has 0 aliphatic rings. The van der Waals surface area contributed by atoms with E-state index in [1.807, 2.05) is 13.8 Å². The maximum atomic E-state index is 10.7. The Balaban J connectivity index is 4.59. The molecule has 0 unspecified atom stereocenters. The topological polar surface area (TPSA) is 34.1 Å². The van der Waals surface area contributed by atoms with Crippen molar-refractivity contribution >= 4 is 11.6 Å². The highest BCUT2D eigenvalue weighted by atomic mass is 16.1. The fourth-order valence-corrected chi connectivity index (χ4v) is 0.837. The molecule has 66 valence electrons. The molecule has 2 nitrogen and oxygen atoms in total. The quantitative estimate of drug-likeness (QED) is 0.475. The highest BCUT2D eigenvalue weighted by molar-refractivity contribution is 5.91. The molecule has 0 N–H and O–H groups in total. The van der Waals surface area contributed by atoms with Crippen LogP contribution in [-0.2, 0) is 9.59 Å². The molecule has 0 saturated carbocycles. The normalized spacial score (nSPS) is 13.0. The molecule has 0 aliphatic heterocycles. The highest BCUT2D eigenvalue weighted by Crippen LogP contribution is 2.07. The Morgan fingerprint density at radius 1 is 0.750 bits per heavy atom. The molecule has 0 radical (unpaired) electrons. The van der Waals surface area contributed by atoms with Crippen LogP contribution in [0.3, 0.4) is 0 Å². The van der Waals surface area contributed by atoms with Gasteiger partial charge >= 0.3 is 0 Å². The molecule has 0 spiro atoms. The molecule has 2 heteroatoms. The lowest BCUT2D eigenvalue weighted by Crippen LogP contribution is -1.90. The van der Waals surface area contributed by atoms with Crippen LogP contribution in [0, 0.1) is 0 Å². The minimum atomic E-state index is 0.00352. The predicted octanol–water partition coefficient (Wildman–Crippen LogP) is 2.06. The van der Waals surface area contributed by atoms with Crippen molar-refractivity contribution in [3.05, 3.63) is 23.3 Å². The van der Waals surface area contributed by atoms with Gasteiger partial charge in [0.15, 0.2) is 11.6 Å². The summed E-state index contributed by atoms with van der Waals surface area (Å²) in [6, 6.07) is 0. The smallest absolute Gasteiger partial charge is 0.152 e. The molecule has 12 heavy (non-hydrogen) atoms. The van der Waals surface area contributed by atoms with Gasteiger partial charge in [0, 0.05) is 0 Å². The minimum Gasteiger partial charge on any atom is -0.295 e. The van der Waals surface area contributed by atoms with Gasteiger partial charge in [0.05, 0.1) is 0 Å². The van der Waals surface area contributed by atoms with Crippen LogP contribution in [-0.4, -0.2) is 11.6 Å². The van der Waals surface area contributed by atoms with E-state index in [9.17, 15) is 9.59 Å². The first-order valence-electron chi connectivity index (χ1n) is 3.81. The Labute approximate surface area is 73.0 Å². The summed E-state index contributed by atoms with van der Waals surface area (Å²) in [6.45, 7) is 6.61. The minimum absolute atomic E-state index is 0.00352. The zero-order chi connectivity index (χ0) is 9.72. The van der Waals surface area contributed by atoms with Gasteiger partial charge in [-0.2, -0.15) is 0 Å². The average Bonchev–Trinajstić information content (AvgIpc) is 1.84. The number of hydrogen-bond donors (Lipinski definition) is 0. The van der Waals surface area contributed by atoms with Crippen molar-refractivity contribution in [2.24, 2.45) is 0 Å². The fraction of sp³-hybridized carbons (Fsp3) is 0.400. The first-order valence-corrected chi connectivity index (χ1v) is 3.81. The Hall–Kier alpha value is -1.18. The van der Waals surface area contributed by atoms with Gasteiger partial charge in [0.1, 0.15) is 0 Å². The Morgan fingerprint density at radius 2 is 1.00 bits per heavy atom. The second kappa shape index (κ2) is 4.65. The molecule has 0 aromatic heterocycles. The molecule has 0 amide bonds. The van der Waals surface area contributed by atoms with Crippen molar-refractivity contribution in [2.45, 2.75) is 27.7 Å². The zero-order valence-corrected chi connectivity index (χ0v) is 7.97. The van der Waals surface area contributed by atoms with E-state index in [0.717, 1.165) is 11.1 Å². The summed E-state index contributed by atoms with van der Waals surface area (Å²) < 4.78 is 0. The van der Waals surface area contributed by atoms with Crippen molar-refractivity contribution in [1.29, 1.82) is 0 Å². The summed E-state index contributed by atoms with van der Waals surface area (Å²) in [4.78, 5) is 21.3. The maximum absolute atomic E-state index is 10.7. The van der Waals surface area contributed by atoms with Crippen LogP contribution in [0.25, 0.3) is 0 Å². The number of carbonyl (C=O) groups is 2. The van der Waals surface area contributed by atoms with Crippen molar-refractivity contribution < 1.29 is 9.59 Å². The first kappa shape index (κ1) is 10.8. The fourth-order valence-electron chi connectivity index (χ4n) is 0.837. The summed E-state index contributed by atoms with van der Waals surface area (Å²) in [5, 5.41) is 0. The maximum Gasteiger partial charge on any atom is 0.152 e. The highest BCUT2D eigenvalue weighted by Gasteiger charge is 1.96. The van der Waals surface area contributed by atoms with E-state index in [1.54, 1.807) is 0 Å². The van der Waals surface area contributed by atoms with E-state index < -0.39 is 0 Å². The lowest BCUT2D eigenvalue weighted by Gasteiger charge is -1.97. The van der Waals surface area contributed by atoms with Crippen LogP contribution in [0.5, 0.6) is 0 Å². The van der Waals surface area contributed by atoms with E-state index in [1.165, 1.54) is 26.0 Å². The van der Waals surface area contributed by atoms with Crippen LogP contribution < -0.4 is 0 Å². The van der Waals surface area contributed by atoms with Gasteiger partial charge in [0.2, 0.25) is 0 Å². The zero-order valence-electron chi connectivity index (χ0n) is 7.97. The molecule has 0 rings (SSSR count). The van der Waals surface area contributed by atoms with E-state index in [-0.39, 0.29) is 11.6 Å². The van der Waals surface area contributed by atoms with Crippen LogP contribution >= 0.6 is 0 Å². The van der Waals surface area contributed by atoms with E-state index in [2.05, 4.69) is 0 Å². The van der Waals surface area contributed by atoms with Crippen molar-refractivity contribution in [3.63, 3.8) is 0 Å². The van der Waals surface area contributed by atoms with Crippen molar-refractivity contribution in [2.75, 3.05) is 0 Å². The molecular weight excluding hydrogens is 152 g/mol. The van der Waals surface area contributed by atoms with E-state index in [0.29, 0.717) is 0 Å². The van der Waals surface area contributed by atoms with Crippen LogP contribution in [0.2, 0.25) is 0 Å². The molecular formula is C10H14O2. The summed E-state index contributed by atoms with van der Waals surface area (Å²) in [7, 11) is 0. The molecule has 0 aliphatic carbocycles. The summed E-state index contributed by atoms with van der Waals surface area (Å²) in [5.74, 6) is 0.00704. The molecule has 0 aromatic rings. The van der Waals surface area contributed by atoms with E-state index >= 15 is 0 Å². The monoisotopic (exact) mass is 166 g/mol. The van der Waals surface area contributed by atoms with Gasteiger partial charge in [-0.05, 0) is 51.0 Å². The Bertz CT molecular complexity index is 229. The molecule has 0 atom stereocenters. The predicted molar refractivity (Wildman–Crippen MR) is 48.9 cm³/mol. The average molecular weight is 166 g/mol. The first-order chi connectivity index (χ1) is 5.43. The molecule has 0 saturated heterocycles. The number of allylic oxidation sites excluding steroid dienone is 4. The van der Waals surface area contributed by atoms with Crippen LogP contribution in [0.1, 0.15) is 27.7 Å². The molecule has 0 fully saturated rings. The third kappa shape index (κ3) is 4.61. The number of ketones is 2. The van der Waals surface area contributed by atoms with E-state index in [4.69, 9.17) is 0 Å². The van der Waals surface area contributed by atoms with Crippen molar-refractivity contribution in [3.8, 4) is 0 Å². The SMILES string of the molecule is CC(=O)C=C(C)C(C)=CC(C)=O. The van der Waals surface area contributed by atoms with Crippen LogP contribution in [0.15, 0.2) is 23.3 Å². The van der Waals surface area contributed by atoms with Gasteiger partial charge in [0.25, 0.3) is 0 Å². The largest absolute Gasteiger partial charge is 0.295 e. The second-order valence-corrected chi connectivity index (χ2v) is 2.88. The van der Waals surface area contributed by atoms with Gasteiger partial charge < -0.3 is 0 Å². The van der Waals surface area contributed by atoms with Gasteiger partial charge in [-0.25, -0.2) is 0 Å². The standard InChI is InChI=1S/C10H14O2/c1-7(5-9(3)11)8(2)6-10(4)12/h5-6H,1-4H3. The lowest BCUT2D eigenvalue weighted by atomic mass is 10.1. The summed E-state index contributed by atoms with van der Waals surface area (Å²) in [6.07, 6.45) is 3.05. The summed E-state index contributed by atoms with van der Waals surface area (Å²) >= 11 is 0. The second-order valence-electron chi connectivity index (χ2n) is 2.88. The number of hydrogen-bond acceptors (Lipinski definition) is 2. The van der Waals surface area contributed by atoms with Gasteiger partial charge in [-0.15, -0.1) is 0 Å². The molecule has 0 aromatic carbocycles. The van der Waals surface area contributed by atoms with Gasteiger partial charge in [-0.1, -0.05) is 0 Å². The number of carbonyl (C=O) groups excluding carboxylic acids is 2. The third-order valence-electron chi connectivity index (χ3n) is 1.46. The Kier molecular flexibility index (Phi) is 4.19. The Morgan fingerprint density at radius 3 is 1.17 bits per heavy atom. The summed E-state index contributed by atoms with van der Waals surface area (Å²) in [5.41, 5.74) is 1.69. The molecule has 0 bridgehead atoms.